The highest BCUT2D eigenvalue weighted by Gasteiger charge is 2.11. The molecule has 6 nitrogen and oxygen atoms in total. The average molecular weight is 435 g/mol. The van der Waals surface area contributed by atoms with E-state index in [4.69, 9.17) is 21.1 Å². The van der Waals surface area contributed by atoms with E-state index in [0.717, 1.165) is 5.56 Å². The van der Waals surface area contributed by atoms with Crippen molar-refractivity contribution >= 4 is 28.9 Å². The summed E-state index contributed by atoms with van der Waals surface area (Å²) in [4.78, 5) is 10.5. The van der Waals surface area contributed by atoms with Crippen LogP contribution in [0.25, 0.3) is 11.6 Å². The number of rotatable bonds is 8. The summed E-state index contributed by atoms with van der Waals surface area (Å²) in [5, 5.41) is 21.3. The summed E-state index contributed by atoms with van der Waals surface area (Å²) in [6.45, 7) is 2.67. The standard InChI is InChI=1S/C24H19ClN2O4/c1-2-30-24-13-18(8-11-23(24)31-16-17-6-9-21(25)10-7-17)12-20(15-26)19-4-3-5-22(14-19)27(28)29/h3-14H,2,16H2,1H3/b20-12-. The number of hydrogen-bond donors (Lipinski definition) is 0. The van der Waals surface area contributed by atoms with Gasteiger partial charge in [-0.15, -0.1) is 0 Å². The van der Waals surface area contributed by atoms with Gasteiger partial charge in [0.25, 0.3) is 5.69 Å². The maximum Gasteiger partial charge on any atom is 0.270 e. The highest BCUT2D eigenvalue weighted by Crippen LogP contribution is 2.31. The molecule has 0 spiro atoms. The van der Waals surface area contributed by atoms with Gasteiger partial charge in [0.1, 0.15) is 6.61 Å². The summed E-state index contributed by atoms with van der Waals surface area (Å²) >= 11 is 5.91. The van der Waals surface area contributed by atoms with E-state index in [1.807, 2.05) is 19.1 Å². The lowest BCUT2D eigenvalue weighted by Gasteiger charge is -2.13. The van der Waals surface area contributed by atoms with Gasteiger partial charge >= 0.3 is 0 Å². The highest BCUT2D eigenvalue weighted by molar-refractivity contribution is 6.30. The van der Waals surface area contributed by atoms with Crippen molar-refractivity contribution in [2.45, 2.75) is 13.5 Å². The number of nitro benzene ring substituents is 1. The summed E-state index contributed by atoms with van der Waals surface area (Å²) in [5.41, 5.74) is 2.39. The number of nitro groups is 1. The molecule has 0 fully saturated rings. The fourth-order valence-corrected chi connectivity index (χ4v) is 3.00. The molecular formula is C24H19ClN2O4. The molecule has 156 valence electrons. The Labute approximate surface area is 185 Å². The van der Waals surface area contributed by atoms with Crippen LogP contribution in [0.5, 0.6) is 11.5 Å². The molecule has 0 bridgehead atoms. The second kappa shape index (κ2) is 10.3. The second-order valence-corrected chi connectivity index (χ2v) is 6.97. The molecule has 31 heavy (non-hydrogen) atoms. The Morgan fingerprint density at radius 1 is 1.10 bits per heavy atom. The lowest BCUT2D eigenvalue weighted by molar-refractivity contribution is -0.384. The predicted molar refractivity (Wildman–Crippen MR) is 120 cm³/mol. The lowest BCUT2D eigenvalue weighted by Crippen LogP contribution is -2.00. The molecule has 0 atom stereocenters. The zero-order valence-corrected chi connectivity index (χ0v) is 17.5. The first-order valence-electron chi connectivity index (χ1n) is 9.51. The first-order chi connectivity index (χ1) is 15.0. The topological polar surface area (TPSA) is 85.4 Å². The Bertz CT molecular complexity index is 1150. The monoisotopic (exact) mass is 434 g/mol. The fraction of sp³-hybridized carbons (Fsp3) is 0.125. The minimum Gasteiger partial charge on any atom is -0.490 e. The fourth-order valence-electron chi connectivity index (χ4n) is 2.88. The molecule has 0 aliphatic heterocycles. The van der Waals surface area contributed by atoms with E-state index in [9.17, 15) is 15.4 Å². The molecular weight excluding hydrogens is 416 g/mol. The second-order valence-electron chi connectivity index (χ2n) is 6.53. The van der Waals surface area contributed by atoms with Crippen LogP contribution in [-0.2, 0) is 6.61 Å². The quantitative estimate of drug-likeness (QED) is 0.180. The summed E-state index contributed by atoms with van der Waals surface area (Å²) in [6.07, 6.45) is 1.66. The van der Waals surface area contributed by atoms with Crippen molar-refractivity contribution in [3.63, 3.8) is 0 Å². The Hall–Kier alpha value is -3.82. The van der Waals surface area contributed by atoms with Crippen molar-refractivity contribution in [2.75, 3.05) is 6.61 Å². The number of allylic oxidation sites excluding steroid dienone is 1. The van der Waals surface area contributed by atoms with Crippen LogP contribution in [0.4, 0.5) is 5.69 Å². The molecule has 0 heterocycles. The first kappa shape index (κ1) is 21.9. The van der Waals surface area contributed by atoms with Crippen molar-refractivity contribution in [3.05, 3.63) is 98.6 Å². The minimum absolute atomic E-state index is 0.0698. The number of benzene rings is 3. The molecule has 0 radical (unpaired) electrons. The van der Waals surface area contributed by atoms with Crippen molar-refractivity contribution in [2.24, 2.45) is 0 Å². The number of non-ortho nitro benzene ring substituents is 1. The van der Waals surface area contributed by atoms with Gasteiger partial charge in [-0.3, -0.25) is 10.1 Å². The first-order valence-corrected chi connectivity index (χ1v) is 9.88. The van der Waals surface area contributed by atoms with E-state index in [1.165, 1.54) is 12.1 Å². The number of halogens is 1. The van der Waals surface area contributed by atoms with E-state index in [0.29, 0.717) is 46.4 Å². The molecule has 0 saturated heterocycles. The van der Waals surface area contributed by atoms with Gasteiger partial charge in [-0.2, -0.15) is 5.26 Å². The van der Waals surface area contributed by atoms with E-state index >= 15 is 0 Å². The molecule has 3 aromatic rings. The maximum atomic E-state index is 11.0. The molecule has 7 heteroatoms. The predicted octanol–water partition coefficient (Wildman–Crippen LogP) is 6.29. The molecule has 3 aromatic carbocycles. The Morgan fingerprint density at radius 3 is 2.55 bits per heavy atom. The van der Waals surface area contributed by atoms with E-state index in [-0.39, 0.29) is 5.69 Å². The third kappa shape index (κ3) is 5.84. The van der Waals surface area contributed by atoms with Gasteiger partial charge < -0.3 is 9.47 Å². The minimum atomic E-state index is -0.488. The molecule has 0 aromatic heterocycles. The van der Waals surface area contributed by atoms with Crippen molar-refractivity contribution in [1.29, 1.82) is 5.26 Å². The molecule has 0 N–H and O–H groups in total. The molecule has 0 unspecified atom stereocenters. The van der Waals surface area contributed by atoms with Crippen molar-refractivity contribution in [3.8, 4) is 17.6 Å². The molecule has 0 saturated carbocycles. The van der Waals surface area contributed by atoms with Gasteiger partial charge in [0.15, 0.2) is 11.5 Å². The van der Waals surface area contributed by atoms with Crippen LogP contribution in [0.3, 0.4) is 0 Å². The van der Waals surface area contributed by atoms with Crippen LogP contribution in [0.15, 0.2) is 66.7 Å². The van der Waals surface area contributed by atoms with Crippen LogP contribution in [0.2, 0.25) is 5.02 Å². The third-order valence-electron chi connectivity index (χ3n) is 4.37. The van der Waals surface area contributed by atoms with Crippen LogP contribution in [0, 0.1) is 21.4 Å². The summed E-state index contributed by atoms with van der Waals surface area (Å²) in [7, 11) is 0. The zero-order valence-electron chi connectivity index (χ0n) is 16.7. The molecule has 3 rings (SSSR count). The van der Waals surface area contributed by atoms with E-state index < -0.39 is 4.92 Å². The van der Waals surface area contributed by atoms with Gasteiger partial charge in [-0.05, 0) is 54.0 Å². The maximum absolute atomic E-state index is 11.0. The number of nitrogens with zero attached hydrogens (tertiary/aromatic N) is 2. The van der Waals surface area contributed by atoms with Crippen LogP contribution in [0.1, 0.15) is 23.6 Å². The lowest BCUT2D eigenvalue weighted by atomic mass is 10.0. The summed E-state index contributed by atoms with van der Waals surface area (Å²) < 4.78 is 11.6. The molecule has 0 aliphatic rings. The summed E-state index contributed by atoms with van der Waals surface area (Å²) in [5.74, 6) is 1.12. The van der Waals surface area contributed by atoms with E-state index in [2.05, 4.69) is 6.07 Å². The summed E-state index contributed by atoms with van der Waals surface area (Å²) in [6, 6.07) is 20.8. The van der Waals surface area contributed by atoms with Gasteiger partial charge in [0, 0.05) is 17.2 Å². The Balaban J connectivity index is 1.86. The SMILES string of the molecule is CCOc1cc(/C=C(/C#N)c2cccc([N+](=O)[O-])c2)ccc1OCc1ccc(Cl)cc1. The van der Waals surface area contributed by atoms with E-state index in [1.54, 1.807) is 48.5 Å². The van der Waals surface area contributed by atoms with Crippen molar-refractivity contribution < 1.29 is 14.4 Å². The average Bonchev–Trinajstić information content (AvgIpc) is 2.78. The van der Waals surface area contributed by atoms with Crippen LogP contribution < -0.4 is 9.47 Å². The normalized spacial score (nSPS) is 10.9. The molecule has 0 aliphatic carbocycles. The van der Waals surface area contributed by atoms with Gasteiger partial charge in [-0.1, -0.05) is 41.9 Å². The largest absolute Gasteiger partial charge is 0.490 e. The third-order valence-corrected chi connectivity index (χ3v) is 4.63. The smallest absolute Gasteiger partial charge is 0.270 e. The number of ether oxygens (including phenoxy) is 2. The Morgan fingerprint density at radius 2 is 1.87 bits per heavy atom. The number of hydrogen-bond acceptors (Lipinski definition) is 5. The number of nitriles is 1. The van der Waals surface area contributed by atoms with Gasteiger partial charge in [-0.25, -0.2) is 0 Å². The molecule has 0 amide bonds. The van der Waals surface area contributed by atoms with Crippen LogP contribution in [-0.4, -0.2) is 11.5 Å². The van der Waals surface area contributed by atoms with Crippen molar-refractivity contribution in [1.82, 2.24) is 0 Å². The van der Waals surface area contributed by atoms with Crippen LogP contribution >= 0.6 is 11.6 Å². The van der Waals surface area contributed by atoms with Gasteiger partial charge in [0.05, 0.1) is 23.2 Å². The highest BCUT2D eigenvalue weighted by atomic mass is 35.5. The Kier molecular flexibility index (Phi) is 7.26. The van der Waals surface area contributed by atoms with Gasteiger partial charge in [0.2, 0.25) is 0 Å². The zero-order chi connectivity index (χ0) is 22.2.